The van der Waals surface area contributed by atoms with Gasteiger partial charge in [-0.3, -0.25) is 0 Å². The molecule has 5 heteroatoms. The minimum absolute atomic E-state index is 0.577. The van der Waals surface area contributed by atoms with Crippen LogP contribution in [0.4, 0.5) is 11.4 Å². The molecule has 0 aliphatic carbocycles. The van der Waals surface area contributed by atoms with Gasteiger partial charge in [0.2, 0.25) is 0 Å². The summed E-state index contributed by atoms with van der Waals surface area (Å²) >= 11 is 0. The SMILES string of the molecule is CCCOCCCNc1cc2c(cc1N)OCCO2. The molecule has 0 radical (unpaired) electrons. The Hall–Kier alpha value is -1.62. The van der Waals surface area contributed by atoms with E-state index in [-0.39, 0.29) is 0 Å². The number of ether oxygens (including phenoxy) is 3. The molecule has 0 aromatic heterocycles. The van der Waals surface area contributed by atoms with Crippen molar-refractivity contribution in [1.29, 1.82) is 0 Å². The minimum atomic E-state index is 0.577. The van der Waals surface area contributed by atoms with Gasteiger partial charge in [0, 0.05) is 31.9 Å². The normalized spacial score (nSPS) is 13.3. The highest BCUT2D eigenvalue weighted by Crippen LogP contribution is 2.36. The molecule has 0 saturated heterocycles. The number of fused-ring (bicyclic) bond motifs is 1. The molecule has 1 heterocycles. The van der Waals surface area contributed by atoms with Gasteiger partial charge < -0.3 is 25.3 Å². The Morgan fingerprint density at radius 2 is 1.95 bits per heavy atom. The van der Waals surface area contributed by atoms with E-state index in [4.69, 9.17) is 19.9 Å². The number of hydrogen-bond donors (Lipinski definition) is 2. The zero-order chi connectivity index (χ0) is 13.5. The Morgan fingerprint density at radius 1 is 1.21 bits per heavy atom. The summed E-state index contributed by atoms with van der Waals surface area (Å²) in [6.45, 7) is 5.69. The molecule has 0 amide bonds. The van der Waals surface area contributed by atoms with Gasteiger partial charge in [-0.15, -0.1) is 0 Å². The summed E-state index contributed by atoms with van der Waals surface area (Å²) in [6, 6.07) is 3.71. The molecule has 0 unspecified atom stereocenters. The van der Waals surface area contributed by atoms with Gasteiger partial charge in [0.05, 0.1) is 11.4 Å². The number of benzene rings is 1. The summed E-state index contributed by atoms with van der Waals surface area (Å²) in [5, 5.41) is 3.30. The second kappa shape index (κ2) is 7.09. The van der Waals surface area contributed by atoms with Crippen molar-refractivity contribution < 1.29 is 14.2 Å². The summed E-state index contributed by atoms with van der Waals surface area (Å²) in [5.74, 6) is 1.48. The topological polar surface area (TPSA) is 65.7 Å². The third-order valence-corrected chi connectivity index (χ3v) is 2.84. The Balaban J connectivity index is 1.83. The molecule has 1 aromatic rings. The third-order valence-electron chi connectivity index (χ3n) is 2.84. The maximum absolute atomic E-state index is 5.98. The molecule has 3 N–H and O–H groups in total. The molecule has 0 saturated carbocycles. The zero-order valence-electron chi connectivity index (χ0n) is 11.4. The summed E-state index contributed by atoms with van der Waals surface area (Å²) in [6.07, 6.45) is 2.01. The fraction of sp³-hybridized carbons (Fsp3) is 0.571. The maximum atomic E-state index is 5.98. The van der Waals surface area contributed by atoms with Crippen LogP contribution in [0.5, 0.6) is 11.5 Å². The number of anilines is 2. The van der Waals surface area contributed by atoms with Gasteiger partial charge in [-0.25, -0.2) is 0 Å². The molecular weight excluding hydrogens is 244 g/mol. The van der Waals surface area contributed by atoms with Crippen LogP contribution in [0, 0.1) is 0 Å². The molecule has 0 bridgehead atoms. The maximum Gasteiger partial charge on any atom is 0.163 e. The smallest absolute Gasteiger partial charge is 0.163 e. The van der Waals surface area contributed by atoms with E-state index in [0.717, 1.165) is 49.8 Å². The van der Waals surface area contributed by atoms with Crippen LogP contribution in [-0.4, -0.2) is 33.0 Å². The van der Waals surface area contributed by atoms with Crippen molar-refractivity contribution in [1.82, 2.24) is 0 Å². The van der Waals surface area contributed by atoms with E-state index in [1.54, 1.807) is 0 Å². The lowest BCUT2D eigenvalue weighted by atomic mass is 10.2. The standard InChI is InChI=1S/C14H22N2O3/c1-2-5-17-6-3-4-16-12-10-14-13(9-11(12)15)18-7-8-19-14/h9-10,16H,2-8,15H2,1H3. The molecule has 2 rings (SSSR count). The number of nitrogens with one attached hydrogen (secondary N) is 1. The molecule has 1 aliphatic heterocycles. The highest BCUT2D eigenvalue weighted by molar-refractivity contribution is 5.72. The molecule has 106 valence electrons. The van der Waals surface area contributed by atoms with Gasteiger partial charge in [0.15, 0.2) is 11.5 Å². The van der Waals surface area contributed by atoms with Crippen LogP contribution >= 0.6 is 0 Å². The van der Waals surface area contributed by atoms with E-state index in [0.29, 0.717) is 18.9 Å². The number of rotatable bonds is 7. The van der Waals surface area contributed by atoms with Crippen LogP contribution in [0.2, 0.25) is 0 Å². The fourth-order valence-electron chi connectivity index (χ4n) is 1.90. The van der Waals surface area contributed by atoms with Gasteiger partial charge >= 0.3 is 0 Å². The van der Waals surface area contributed by atoms with Crippen LogP contribution in [0.1, 0.15) is 19.8 Å². The Morgan fingerprint density at radius 3 is 2.68 bits per heavy atom. The Bertz CT molecular complexity index is 410. The van der Waals surface area contributed by atoms with Gasteiger partial charge in [-0.2, -0.15) is 0 Å². The van der Waals surface area contributed by atoms with Crippen LogP contribution in [0.3, 0.4) is 0 Å². The van der Waals surface area contributed by atoms with Crippen molar-refractivity contribution >= 4 is 11.4 Å². The van der Waals surface area contributed by atoms with Crippen molar-refractivity contribution in [2.24, 2.45) is 0 Å². The summed E-state index contributed by atoms with van der Waals surface area (Å²) < 4.78 is 16.4. The largest absolute Gasteiger partial charge is 0.486 e. The predicted octanol–water partition coefficient (Wildman–Crippen LogP) is 2.27. The monoisotopic (exact) mass is 266 g/mol. The van der Waals surface area contributed by atoms with E-state index in [1.807, 2.05) is 12.1 Å². The highest BCUT2D eigenvalue weighted by atomic mass is 16.6. The first kappa shape index (κ1) is 13.8. The Labute approximate surface area is 114 Å². The molecule has 0 atom stereocenters. The molecule has 1 aliphatic rings. The van der Waals surface area contributed by atoms with Crippen molar-refractivity contribution in [3.8, 4) is 11.5 Å². The number of nitrogens with two attached hydrogens (primary N) is 1. The van der Waals surface area contributed by atoms with Crippen LogP contribution in [-0.2, 0) is 4.74 Å². The first-order valence-electron chi connectivity index (χ1n) is 6.82. The van der Waals surface area contributed by atoms with E-state index in [1.165, 1.54) is 0 Å². The molecule has 0 spiro atoms. The van der Waals surface area contributed by atoms with Gasteiger partial charge in [0.1, 0.15) is 13.2 Å². The zero-order valence-corrected chi connectivity index (χ0v) is 11.4. The van der Waals surface area contributed by atoms with Crippen molar-refractivity contribution in [3.63, 3.8) is 0 Å². The van der Waals surface area contributed by atoms with E-state index < -0.39 is 0 Å². The second-order valence-electron chi connectivity index (χ2n) is 4.48. The van der Waals surface area contributed by atoms with E-state index >= 15 is 0 Å². The second-order valence-corrected chi connectivity index (χ2v) is 4.48. The van der Waals surface area contributed by atoms with Crippen molar-refractivity contribution in [2.45, 2.75) is 19.8 Å². The van der Waals surface area contributed by atoms with Gasteiger partial charge in [0.25, 0.3) is 0 Å². The molecule has 19 heavy (non-hydrogen) atoms. The van der Waals surface area contributed by atoms with Crippen molar-refractivity contribution in [3.05, 3.63) is 12.1 Å². The molecule has 5 nitrogen and oxygen atoms in total. The summed E-state index contributed by atoms with van der Waals surface area (Å²) in [5.41, 5.74) is 7.55. The van der Waals surface area contributed by atoms with Gasteiger partial charge in [-0.05, 0) is 12.8 Å². The lowest BCUT2D eigenvalue weighted by Gasteiger charge is -2.20. The Kier molecular flexibility index (Phi) is 5.15. The average Bonchev–Trinajstić information content (AvgIpc) is 2.43. The quantitative estimate of drug-likeness (QED) is 0.585. The first-order chi connectivity index (χ1) is 9.31. The highest BCUT2D eigenvalue weighted by Gasteiger charge is 2.14. The lowest BCUT2D eigenvalue weighted by Crippen LogP contribution is -2.16. The van der Waals surface area contributed by atoms with Crippen LogP contribution in [0.25, 0.3) is 0 Å². The number of hydrogen-bond acceptors (Lipinski definition) is 5. The lowest BCUT2D eigenvalue weighted by molar-refractivity contribution is 0.134. The first-order valence-corrected chi connectivity index (χ1v) is 6.82. The number of nitrogen functional groups attached to an aromatic ring is 1. The summed E-state index contributed by atoms with van der Waals surface area (Å²) in [4.78, 5) is 0. The summed E-state index contributed by atoms with van der Waals surface area (Å²) in [7, 11) is 0. The van der Waals surface area contributed by atoms with E-state index in [2.05, 4.69) is 12.2 Å². The van der Waals surface area contributed by atoms with Crippen LogP contribution in [0.15, 0.2) is 12.1 Å². The molecular formula is C14H22N2O3. The van der Waals surface area contributed by atoms with Crippen molar-refractivity contribution in [2.75, 3.05) is 44.0 Å². The molecule has 1 aromatic carbocycles. The van der Waals surface area contributed by atoms with E-state index in [9.17, 15) is 0 Å². The fourth-order valence-corrected chi connectivity index (χ4v) is 1.90. The predicted molar refractivity (Wildman–Crippen MR) is 76.1 cm³/mol. The minimum Gasteiger partial charge on any atom is -0.486 e. The van der Waals surface area contributed by atoms with Gasteiger partial charge in [-0.1, -0.05) is 6.92 Å². The van der Waals surface area contributed by atoms with Crippen LogP contribution < -0.4 is 20.5 Å². The third kappa shape index (κ3) is 3.92. The average molecular weight is 266 g/mol. The molecule has 0 fully saturated rings.